The summed E-state index contributed by atoms with van der Waals surface area (Å²) >= 11 is 1.84. The van der Waals surface area contributed by atoms with Crippen LogP contribution in [0.1, 0.15) is 0 Å². The molecule has 0 unspecified atom stereocenters. The first-order chi connectivity index (χ1) is 6.86. The number of nitrogens with zero attached hydrogens (tertiary/aromatic N) is 2. The maximum absolute atomic E-state index is 4.06. The van der Waals surface area contributed by atoms with Crippen molar-refractivity contribution in [1.82, 2.24) is 19.2 Å². The fourth-order valence-corrected chi connectivity index (χ4v) is 2.60. The molecule has 0 aromatic rings. The first kappa shape index (κ1) is 10.3. The summed E-state index contributed by atoms with van der Waals surface area (Å²) < 4.78 is 4.72. The first-order valence-electron chi connectivity index (χ1n) is 5.16. The van der Waals surface area contributed by atoms with Crippen molar-refractivity contribution >= 4 is 12.1 Å². The third-order valence-electron chi connectivity index (χ3n) is 2.46. The molecule has 0 radical (unpaired) electrons. The van der Waals surface area contributed by atoms with Crippen LogP contribution < -0.4 is 10.6 Å². The Kier molecular flexibility index (Phi) is 3.69. The van der Waals surface area contributed by atoms with E-state index in [2.05, 4.69) is 25.8 Å². The van der Waals surface area contributed by atoms with E-state index in [4.69, 9.17) is 0 Å². The number of hydrogen-bond donors (Lipinski definition) is 2. The maximum atomic E-state index is 4.06. The smallest absolute Gasteiger partial charge is 0.0429 e. The first-order valence-corrected chi connectivity index (χ1v) is 5.89. The minimum Gasteiger partial charge on any atom is -0.314 e. The molecule has 14 heavy (non-hydrogen) atoms. The van der Waals surface area contributed by atoms with Crippen LogP contribution >= 0.6 is 12.1 Å². The molecule has 2 fully saturated rings. The van der Waals surface area contributed by atoms with Crippen molar-refractivity contribution in [2.45, 2.75) is 0 Å². The van der Waals surface area contributed by atoms with E-state index < -0.39 is 0 Å². The van der Waals surface area contributed by atoms with Gasteiger partial charge in [-0.25, -0.2) is 4.31 Å². The van der Waals surface area contributed by atoms with E-state index in [1.165, 1.54) is 5.70 Å². The Bertz CT molecular complexity index is 203. The van der Waals surface area contributed by atoms with Crippen molar-refractivity contribution < 1.29 is 0 Å². The zero-order valence-corrected chi connectivity index (χ0v) is 9.28. The maximum Gasteiger partial charge on any atom is 0.0429 e. The predicted octanol–water partition coefficient (Wildman–Crippen LogP) is -0.126. The standard InChI is InChI=1S/C9H18N4S/c1-9-8-11-4-7-13(9)14-12-5-2-10-3-6-12/h10-11H,1-8H2. The van der Waals surface area contributed by atoms with Crippen molar-refractivity contribution in [1.29, 1.82) is 0 Å². The minimum atomic E-state index is 0.930. The van der Waals surface area contributed by atoms with Crippen LogP contribution in [0.2, 0.25) is 0 Å². The summed E-state index contributed by atoms with van der Waals surface area (Å²) in [4.78, 5) is 0. The molecule has 2 heterocycles. The van der Waals surface area contributed by atoms with E-state index >= 15 is 0 Å². The number of nitrogens with one attached hydrogen (secondary N) is 2. The molecule has 2 rings (SSSR count). The van der Waals surface area contributed by atoms with Gasteiger partial charge in [-0.05, 0) is 0 Å². The highest BCUT2D eigenvalue weighted by Gasteiger charge is 2.18. The van der Waals surface area contributed by atoms with E-state index in [0.717, 1.165) is 45.8 Å². The number of rotatable bonds is 2. The normalized spacial score (nSPS) is 25.4. The van der Waals surface area contributed by atoms with Gasteiger partial charge in [0.1, 0.15) is 0 Å². The van der Waals surface area contributed by atoms with Crippen LogP contribution in [0.4, 0.5) is 0 Å². The largest absolute Gasteiger partial charge is 0.314 e. The molecule has 0 aromatic carbocycles. The van der Waals surface area contributed by atoms with E-state index in [1.54, 1.807) is 0 Å². The average Bonchev–Trinajstić information content (AvgIpc) is 2.23. The molecular weight excluding hydrogens is 196 g/mol. The average molecular weight is 214 g/mol. The summed E-state index contributed by atoms with van der Waals surface area (Å²) in [5.74, 6) is 0. The third kappa shape index (κ3) is 2.63. The molecule has 5 heteroatoms. The lowest BCUT2D eigenvalue weighted by atomic mass is 10.4. The quantitative estimate of drug-likeness (QED) is 0.626. The fraction of sp³-hybridized carbons (Fsp3) is 0.778. The monoisotopic (exact) mass is 214 g/mol. The van der Waals surface area contributed by atoms with Gasteiger partial charge in [0.05, 0.1) is 0 Å². The zero-order valence-electron chi connectivity index (χ0n) is 8.46. The molecule has 2 N–H and O–H groups in total. The third-order valence-corrected chi connectivity index (χ3v) is 3.70. The summed E-state index contributed by atoms with van der Waals surface area (Å²) in [6, 6.07) is 0. The van der Waals surface area contributed by atoms with Gasteiger partial charge in [0, 0.05) is 63.6 Å². The number of hydrogen-bond acceptors (Lipinski definition) is 5. The highest BCUT2D eigenvalue weighted by atomic mass is 32.2. The molecule has 0 amide bonds. The summed E-state index contributed by atoms with van der Waals surface area (Å²) in [6.07, 6.45) is 0. The van der Waals surface area contributed by atoms with Gasteiger partial charge in [0.15, 0.2) is 0 Å². The molecule has 2 saturated heterocycles. The van der Waals surface area contributed by atoms with Gasteiger partial charge < -0.3 is 14.9 Å². The van der Waals surface area contributed by atoms with Gasteiger partial charge in [0.2, 0.25) is 0 Å². The molecule has 2 aliphatic rings. The topological polar surface area (TPSA) is 30.5 Å². The Morgan fingerprint density at radius 2 is 1.79 bits per heavy atom. The van der Waals surface area contributed by atoms with Crippen molar-refractivity contribution in [3.05, 3.63) is 12.3 Å². The van der Waals surface area contributed by atoms with Crippen LogP contribution in [0, 0.1) is 0 Å². The second-order valence-corrected chi connectivity index (χ2v) is 4.73. The molecule has 80 valence electrons. The lowest BCUT2D eigenvalue weighted by molar-refractivity contribution is 0.372. The van der Waals surface area contributed by atoms with Crippen molar-refractivity contribution in [2.75, 3.05) is 45.8 Å². The summed E-state index contributed by atoms with van der Waals surface area (Å²) in [5.41, 5.74) is 1.19. The lowest BCUT2D eigenvalue weighted by Gasteiger charge is -2.35. The van der Waals surface area contributed by atoms with Gasteiger partial charge in [-0.2, -0.15) is 0 Å². The SMILES string of the molecule is C=C1CNCCN1SN1CCNCC1. The van der Waals surface area contributed by atoms with Crippen molar-refractivity contribution in [3.8, 4) is 0 Å². The van der Waals surface area contributed by atoms with Gasteiger partial charge in [-0.3, -0.25) is 0 Å². The van der Waals surface area contributed by atoms with Gasteiger partial charge in [0.25, 0.3) is 0 Å². The Labute approximate surface area is 90.0 Å². The van der Waals surface area contributed by atoms with Crippen LogP contribution in [-0.2, 0) is 0 Å². The van der Waals surface area contributed by atoms with Crippen LogP contribution in [0.3, 0.4) is 0 Å². The second kappa shape index (κ2) is 5.02. The molecule has 0 aromatic heterocycles. The van der Waals surface area contributed by atoms with Crippen LogP contribution in [-0.4, -0.2) is 54.4 Å². The highest BCUT2D eigenvalue weighted by molar-refractivity contribution is 7.94. The highest BCUT2D eigenvalue weighted by Crippen LogP contribution is 2.21. The summed E-state index contributed by atoms with van der Waals surface area (Å²) in [7, 11) is 0. The molecule has 0 atom stereocenters. The minimum absolute atomic E-state index is 0.930. The molecule has 0 spiro atoms. The zero-order chi connectivity index (χ0) is 9.80. The van der Waals surface area contributed by atoms with Crippen LogP contribution in [0.5, 0.6) is 0 Å². The Morgan fingerprint density at radius 3 is 2.50 bits per heavy atom. The Hall–Kier alpha value is -0.230. The Morgan fingerprint density at radius 1 is 1.07 bits per heavy atom. The van der Waals surface area contributed by atoms with E-state index in [1.807, 2.05) is 12.1 Å². The molecule has 0 saturated carbocycles. The second-order valence-electron chi connectivity index (χ2n) is 3.61. The predicted molar refractivity (Wildman–Crippen MR) is 60.7 cm³/mol. The number of piperazine rings is 2. The van der Waals surface area contributed by atoms with Crippen LogP contribution in [0.15, 0.2) is 12.3 Å². The molecule has 0 aliphatic carbocycles. The van der Waals surface area contributed by atoms with Gasteiger partial charge >= 0.3 is 0 Å². The van der Waals surface area contributed by atoms with Gasteiger partial charge in [-0.15, -0.1) is 0 Å². The molecule has 0 bridgehead atoms. The summed E-state index contributed by atoms with van der Waals surface area (Å²) in [6.45, 7) is 11.6. The molecular formula is C9H18N4S. The molecule has 2 aliphatic heterocycles. The molecule has 4 nitrogen and oxygen atoms in total. The van der Waals surface area contributed by atoms with Crippen LogP contribution in [0.25, 0.3) is 0 Å². The summed E-state index contributed by atoms with van der Waals surface area (Å²) in [5, 5.41) is 6.67. The van der Waals surface area contributed by atoms with E-state index in [9.17, 15) is 0 Å². The van der Waals surface area contributed by atoms with Crippen molar-refractivity contribution in [2.24, 2.45) is 0 Å². The van der Waals surface area contributed by atoms with E-state index in [-0.39, 0.29) is 0 Å². The van der Waals surface area contributed by atoms with E-state index in [0.29, 0.717) is 0 Å². The van der Waals surface area contributed by atoms with Gasteiger partial charge in [-0.1, -0.05) is 6.58 Å². The lowest BCUT2D eigenvalue weighted by Crippen LogP contribution is -2.44. The fourth-order valence-electron chi connectivity index (χ4n) is 1.62. The van der Waals surface area contributed by atoms with Crippen molar-refractivity contribution in [3.63, 3.8) is 0 Å². The Balaban J connectivity index is 1.79.